The lowest BCUT2D eigenvalue weighted by Gasteiger charge is -2.18. The summed E-state index contributed by atoms with van der Waals surface area (Å²) in [7, 11) is 1.64. The molecule has 0 fully saturated rings. The van der Waals surface area contributed by atoms with Crippen LogP contribution in [0.5, 0.6) is 5.75 Å². The van der Waals surface area contributed by atoms with E-state index >= 15 is 0 Å². The van der Waals surface area contributed by atoms with Gasteiger partial charge in [0.15, 0.2) is 0 Å². The molecule has 0 unspecified atom stereocenters. The second kappa shape index (κ2) is 5.84. The molecule has 1 amide bonds. The van der Waals surface area contributed by atoms with Crippen molar-refractivity contribution in [3.05, 3.63) is 71.3 Å². The summed E-state index contributed by atoms with van der Waals surface area (Å²) < 4.78 is 5.19. The van der Waals surface area contributed by atoms with Gasteiger partial charge in [-0.2, -0.15) is 0 Å². The normalized spacial score (nSPS) is 12.9. The maximum Gasteiger partial charge on any atom is 0.259 e. The number of anilines is 1. The van der Waals surface area contributed by atoms with E-state index in [1.165, 1.54) is 0 Å². The van der Waals surface area contributed by atoms with Crippen molar-refractivity contribution < 1.29 is 9.53 Å². The van der Waals surface area contributed by atoms with Crippen LogP contribution >= 0.6 is 11.6 Å². The molecule has 0 saturated carbocycles. The lowest BCUT2D eigenvalue weighted by molar-refractivity contribution is 0.0991. The molecule has 3 aromatic carbocycles. The van der Waals surface area contributed by atoms with Gasteiger partial charge in [-0.25, -0.2) is 0 Å². The van der Waals surface area contributed by atoms with Crippen LogP contribution in [0.3, 0.4) is 0 Å². The van der Waals surface area contributed by atoms with Gasteiger partial charge in [-0.3, -0.25) is 4.79 Å². The first-order valence-electron chi connectivity index (χ1n) is 7.78. The third-order valence-corrected chi connectivity index (χ3v) is 4.81. The fourth-order valence-electron chi connectivity index (χ4n) is 3.29. The minimum atomic E-state index is 0.0399. The molecule has 4 rings (SSSR count). The summed E-state index contributed by atoms with van der Waals surface area (Å²) >= 11 is 6.05. The smallest absolute Gasteiger partial charge is 0.259 e. The zero-order valence-electron chi connectivity index (χ0n) is 13.3. The second-order valence-corrected chi connectivity index (χ2v) is 6.11. The van der Waals surface area contributed by atoms with Gasteiger partial charge in [0.25, 0.3) is 5.91 Å². The summed E-state index contributed by atoms with van der Waals surface area (Å²) in [5.74, 6) is 1.29. The van der Waals surface area contributed by atoms with Crippen molar-refractivity contribution in [2.24, 2.45) is 0 Å². The summed E-state index contributed by atoms with van der Waals surface area (Å²) in [4.78, 5) is 14.7. The average Bonchev–Trinajstić information content (AvgIpc) is 2.90. The molecule has 0 atom stereocenters. The largest absolute Gasteiger partial charge is 0.497 e. The number of alkyl halides is 1. The maximum absolute atomic E-state index is 12.9. The van der Waals surface area contributed by atoms with Crippen molar-refractivity contribution in [1.82, 2.24) is 0 Å². The van der Waals surface area contributed by atoms with Crippen molar-refractivity contribution >= 4 is 34.0 Å². The molecule has 3 aromatic rings. The summed E-state index contributed by atoms with van der Waals surface area (Å²) in [6, 6.07) is 17.6. The van der Waals surface area contributed by atoms with Crippen molar-refractivity contribution in [3.8, 4) is 5.75 Å². The number of carbonyl (C=O) groups excluding carboxylic acids is 1. The quantitative estimate of drug-likeness (QED) is 0.643. The average molecular weight is 338 g/mol. The van der Waals surface area contributed by atoms with E-state index in [1.807, 2.05) is 59.5 Å². The Balaban J connectivity index is 1.77. The van der Waals surface area contributed by atoms with Crippen LogP contribution in [0, 0.1) is 0 Å². The van der Waals surface area contributed by atoms with E-state index in [0.29, 0.717) is 12.4 Å². The first-order valence-corrected chi connectivity index (χ1v) is 8.31. The molecule has 120 valence electrons. The molecule has 0 bridgehead atoms. The highest BCUT2D eigenvalue weighted by Crippen LogP contribution is 2.39. The van der Waals surface area contributed by atoms with Crippen LogP contribution in [0.15, 0.2) is 54.6 Å². The molecule has 0 saturated heterocycles. The number of rotatable bonds is 4. The van der Waals surface area contributed by atoms with Crippen LogP contribution in [0.4, 0.5) is 5.69 Å². The number of methoxy groups -OCH3 is 1. The minimum Gasteiger partial charge on any atom is -0.497 e. The SMILES string of the molecule is COc1ccc(CN2C(=O)c3ccc(CCl)c4cccc2c34)cc1. The molecule has 0 radical (unpaired) electrons. The van der Waals surface area contributed by atoms with Gasteiger partial charge in [-0.05, 0) is 40.8 Å². The number of nitrogens with zero attached hydrogens (tertiary/aromatic N) is 1. The Labute approximate surface area is 145 Å². The molecule has 0 N–H and O–H groups in total. The number of ether oxygens (including phenoxy) is 1. The van der Waals surface area contributed by atoms with Gasteiger partial charge in [-0.1, -0.05) is 30.3 Å². The number of amides is 1. The number of benzene rings is 3. The third-order valence-electron chi connectivity index (χ3n) is 4.52. The van der Waals surface area contributed by atoms with Crippen LogP contribution in [-0.2, 0) is 12.4 Å². The predicted molar refractivity (Wildman–Crippen MR) is 97.0 cm³/mol. The highest BCUT2D eigenvalue weighted by Gasteiger charge is 2.30. The van der Waals surface area contributed by atoms with Crippen molar-refractivity contribution in [3.63, 3.8) is 0 Å². The molecule has 1 aliphatic heterocycles. The van der Waals surface area contributed by atoms with Crippen LogP contribution in [0.25, 0.3) is 10.8 Å². The van der Waals surface area contributed by atoms with E-state index in [-0.39, 0.29) is 5.91 Å². The summed E-state index contributed by atoms with van der Waals surface area (Å²) in [6.07, 6.45) is 0. The van der Waals surface area contributed by atoms with E-state index in [4.69, 9.17) is 16.3 Å². The first kappa shape index (κ1) is 15.0. The first-order chi connectivity index (χ1) is 11.7. The van der Waals surface area contributed by atoms with E-state index in [9.17, 15) is 4.79 Å². The van der Waals surface area contributed by atoms with Gasteiger partial charge in [0, 0.05) is 16.8 Å². The minimum absolute atomic E-state index is 0.0399. The standard InChI is InChI=1S/C20H16ClNO2/c1-24-15-8-5-13(6-9-15)12-22-18-4-2-3-16-14(11-21)7-10-17(19(16)18)20(22)23/h2-10H,11-12H2,1H3. The molecular weight excluding hydrogens is 322 g/mol. The molecule has 1 aliphatic rings. The van der Waals surface area contributed by atoms with Crippen molar-refractivity contribution in [2.45, 2.75) is 12.4 Å². The number of halogens is 1. The molecule has 0 spiro atoms. The van der Waals surface area contributed by atoms with Crippen LogP contribution in [0.2, 0.25) is 0 Å². The zero-order chi connectivity index (χ0) is 16.7. The second-order valence-electron chi connectivity index (χ2n) is 5.84. The lowest BCUT2D eigenvalue weighted by Crippen LogP contribution is -2.25. The van der Waals surface area contributed by atoms with Gasteiger partial charge in [0.1, 0.15) is 5.75 Å². The Morgan fingerprint density at radius 3 is 2.54 bits per heavy atom. The van der Waals surface area contributed by atoms with E-state index in [1.54, 1.807) is 7.11 Å². The Morgan fingerprint density at radius 2 is 1.83 bits per heavy atom. The Hall–Kier alpha value is -2.52. The van der Waals surface area contributed by atoms with Crippen LogP contribution in [-0.4, -0.2) is 13.0 Å². The fourth-order valence-corrected chi connectivity index (χ4v) is 3.53. The monoisotopic (exact) mass is 337 g/mol. The third kappa shape index (κ3) is 2.24. The summed E-state index contributed by atoms with van der Waals surface area (Å²) in [6.45, 7) is 0.535. The van der Waals surface area contributed by atoms with E-state index in [0.717, 1.165) is 38.9 Å². The highest BCUT2D eigenvalue weighted by molar-refractivity contribution is 6.26. The molecular formula is C20H16ClNO2. The van der Waals surface area contributed by atoms with Gasteiger partial charge >= 0.3 is 0 Å². The molecule has 4 heteroatoms. The molecule has 1 heterocycles. The molecule has 0 aliphatic carbocycles. The van der Waals surface area contributed by atoms with Crippen LogP contribution in [0.1, 0.15) is 21.5 Å². The summed E-state index contributed by atoms with van der Waals surface area (Å²) in [5.41, 5.74) is 3.82. The van der Waals surface area contributed by atoms with Gasteiger partial charge < -0.3 is 9.64 Å². The van der Waals surface area contributed by atoms with Gasteiger partial charge in [-0.15, -0.1) is 11.6 Å². The van der Waals surface area contributed by atoms with Gasteiger partial charge in [0.2, 0.25) is 0 Å². The fraction of sp³-hybridized carbons (Fsp3) is 0.150. The highest BCUT2D eigenvalue weighted by atomic mass is 35.5. The lowest BCUT2D eigenvalue weighted by atomic mass is 10.0. The maximum atomic E-state index is 12.9. The van der Waals surface area contributed by atoms with Crippen molar-refractivity contribution in [1.29, 1.82) is 0 Å². The summed E-state index contributed by atoms with van der Waals surface area (Å²) in [5, 5.41) is 2.07. The Kier molecular flexibility index (Phi) is 3.66. The molecule has 24 heavy (non-hydrogen) atoms. The van der Waals surface area contributed by atoms with Crippen LogP contribution < -0.4 is 9.64 Å². The number of hydrogen-bond acceptors (Lipinski definition) is 2. The molecule has 3 nitrogen and oxygen atoms in total. The molecule has 0 aromatic heterocycles. The topological polar surface area (TPSA) is 29.5 Å². The Morgan fingerprint density at radius 1 is 1.04 bits per heavy atom. The van der Waals surface area contributed by atoms with Gasteiger partial charge in [0.05, 0.1) is 19.3 Å². The van der Waals surface area contributed by atoms with Crippen molar-refractivity contribution in [2.75, 3.05) is 12.0 Å². The number of hydrogen-bond donors (Lipinski definition) is 0. The zero-order valence-corrected chi connectivity index (χ0v) is 14.0. The van der Waals surface area contributed by atoms with E-state index < -0.39 is 0 Å². The number of carbonyl (C=O) groups is 1. The predicted octanol–water partition coefficient (Wildman–Crippen LogP) is 4.75. The van der Waals surface area contributed by atoms with E-state index in [2.05, 4.69) is 0 Å². The Bertz CT molecular complexity index is 934.